The normalized spacial score (nSPS) is 16.2. The van der Waals surface area contributed by atoms with Gasteiger partial charge in [0.05, 0.1) is 13.2 Å². The second kappa shape index (κ2) is 9.82. The monoisotopic (exact) mass is 227 g/mol. The maximum Gasteiger partial charge on any atom is 0.0689 e. The van der Waals surface area contributed by atoms with E-state index in [1.54, 1.807) is 0 Å². The Morgan fingerprint density at radius 1 is 1.38 bits per heavy atom. The Morgan fingerprint density at radius 2 is 2.25 bits per heavy atom. The Labute approximate surface area is 99.2 Å². The van der Waals surface area contributed by atoms with E-state index in [4.69, 9.17) is 9.47 Å². The lowest BCUT2D eigenvalue weighted by molar-refractivity contribution is 0.128. The average Bonchev–Trinajstić information content (AvgIpc) is 2.34. The Bertz CT molecular complexity index is 192. The summed E-state index contributed by atoms with van der Waals surface area (Å²) >= 11 is 0. The smallest absolute Gasteiger partial charge is 0.0689 e. The van der Waals surface area contributed by atoms with Gasteiger partial charge in [-0.15, -0.1) is 0 Å². The molecule has 0 aromatic carbocycles. The third-order valence-electron chi connectivity index (χ3n) is 2.62. The van der Waals surface area contributed by atoms with Gasteiger partial charge >= 0.3 is 0 Å². The van der Waals surface area contributed by atoms with Crippen LogP contribution in [0.4, 0.5) is 0 Å². The fraction of sp³-hybridized carbons (Fsp3) is 0.846. The lowest BCUT2D eigenvalue weighted by Crippen LogP contribution is -2.23. The summed E-state index contributed by atoms with van der Waals surface area (Å²) in [6, 6.07) is 0. The molecule has 0 aromatic rings. The molecule has 3 heteroatoms. The SMILES string of the molecule is CCCCOCCCNCC1=CCCOC1. The van der Waals surface area contributed by atoms with E-state index >= 15 is 0 Å². The molecule has 0 spiro atoms. The summed E-state index contributed by atoms with van der Waals surface area (Å²) in [5, 5.41) is 3.42. The quantitative estimate of drug-likeness (QED) is 0.483. The second-order valence-electron chi connectivity index (χ2n) is 4.20. The van der Waals surface area contributed by atoms with Gasteiger partial charge < -0.3 is 14.8 Å². The Kier molecular flexibility index (Phi) is 8.40. The zero-order valence-electron chi connectivity index (χ0n) is 10.5. The zero-order chi connectivity index (χ0) is 11.5. The summed E-state index contributed by atoms with van der Waals surface area (Å²) in [7, 11) is 0. The van der Waals surface area contributed by atoms with E-state index in [0.29, 0.717) is 0 Å². The predicted molar refractivity (Wildman–Crippen MR) is 66.7 cm³/mol. The number of unbranched alkanes of at least 4 members (excludes halogenated alkanes) is 1. The summed E-state index contributed by atoms with van der Waals surface area (Å²) in [5.41, 5.74) is 1.39. The van der Waals surface area contributed by atoms with Crippen LogP contribution < -0.4 is 5.32 Å². The van der Waals surface area contributed by atoms with Gasteiger partial charge in [-0.25, -0.2) is 0 Å². The molecule has 1 aliphatic heterocycles. The fourth-order valence-corrected chi connectivity index (χ4v) is 1.63. The summed E-state index contributed by atoms with van der Waals surface area (Å²) in [5.74, 6) is 0. The lowest BCUT2D eigenvalue weighted by Gasteiger charge is -2.14. The number of hydrogen-bond acceptors (Lipinski definition) is 3. The third kappa shape index (κ3) is 6.99. The van der Waals surface area contributed by atoms with Crippen molar-refractivity contribution >= 4 is 0 Å². The Morgan fingerprint density at radius 3 is 3.00 bits per heavy atom. The molecule has 1 heterocycles. The first-order valence-corrected chi connectivity index (χ1v) is 6.47. The summed E-state index contributed by atoms with van der Waals surface area (Å²) in [4.78, 5) is 0. The first-order chi connectivity index (χ1) is 7.93. The molecule has 0 amide bonds. The van der Waals surface area contributed by atoms with Crippen molar-refractivity contribution in [1.29, 1.82) is 0 Å². The minimum atomic E-state index is 0.806. The minimum Gasteiger partial charge on any atom is -0.381 e. The zero-order valence-corrected chi connectivity index (χ0v) is 10.5. The van der Waals surface area contributed by atoms with Gasteiger partial charge in [0.2, 0.25) is 0 Å². The highest BCUT2D eigenvalue weighted by atomic mass is 16.5. The molecule has 0 atom stereocenters. The van der Waals surface area contributed by atoms with Crippen LogP contribution in [-0.2, 0) is 9.47 Å². The standard InChI is InChI=1S/C13H25NO2/c1-2-3-8-15-10-5-7-14-11-13-6-4-9-16-12-13/h6,14H,2-5,7-12H2,1H3. The van der Waals surface area contributed by atoms with E-state index in [1.807, 2.05) is 0 Å². The van der Waals surface area contributed by atoms with Crippen molar-refractivity contribution in [3.05, 3.63) is 11.6 Å². The predicted octanol–water partition coefficient (Wildman–Crippen LogP) is 2.13. The highest BCUT2D eigenvalue weighted by Gasteiger charge is 2.02. The summed E-state index contributed by atoms with van der Waals surface area (Å²) in [6.45, 7) is 7.66. The van der Waals surface area contributed by atoms with Crippen molar-refractivity contribution in [3.8, 4) is 0 Å². The molecule has 1 N–H and O–H groups in total. The van der Waals surface area contributed by atoms with Crippen molar-refractivity contribution in [2.75, 3.05) is 39.5 Å². The molecule has 0 bridgehead atoms. The molecule has 0 unspecified atom stereocenters. The molecule has 94 valence electrons. The minimum absolute atomic E-state index is 0.806. The van der Waals surface area contributed by atoms with Crippen LogP contribution in [0.3, 0.4) is 0 Å². The third-order valence-corrected chi connectivity index (χ3v) is 2.62. The van der Waals surface area contributed by atoms with Crippen LogP contribution in [0.15, 0.2) is 11.6 Å². The highest BCUT2D eigenvalue weighted by Crippen LogP contribution is 2.03. The molecule has 0 radical (unpaired) electrons. The Hall–Kier alpha value is -0.380. The van der Waals surface area contributed by atoms with Crippen molar-refractivity contribution in [2.24, 2.45) is 0 Å². The molecule has 0 fully saturated rings. The van der Waals surface area contributed by atoms with Crippen LogP contribution in [0.25, 0.3) is 0 Å². The van der Waals surface area contributed by atoms with Crippen LogP contribution in [-0.4, -0.2) is 39.5 Å². The van der Waals surface area contributed by atoms with E-state index in [1.165, 1.54) is 18.4 Å². The molecule has 0 aliphatic carbocycles. The van der Waals surface area contributed by atoms with Gasteiger partial charge in [0.15, 0.2) is 0 Å². The van der Waals surface area contributed by atoms with Crippen molar-refractivity contribution in [1.82, 2.24) is 5.32 Å². The molecular weight excluding hydrogens is 202 g/mol. The van der Waals surface area contributed by atoms with Crippen molar-refractivity contribution in [2.45, 2.75) is 32.6 Å². The number of ether oxygens (including phenoxy) is 2. The first-order valence-electron chi connectivity index (χ1n) is 6.47. The first kappa shape index (κ1) is 13.7. The second-order valence-corrected chi connectivity index (χ2v) is 4.20. The van der Waals surface area contributed by atoms with Gasteiger partial charge in [0.1, 0.15) is 0 Å². The van der Waals surface area contributed by atoms with E-state index in [9.17, 15) is 0 Å². The van der Waals surface area contributed by atoms with Crippen LogP contribution in [0.1, 0.15) is 32.6 Å². The van der Waals surface area contributed by atoms with Crippen molar-refractivity contribution < 1.29 is 9.47 Å². The maximum atomic E-state index is 5.49. The highest BCUT2D eigenvalue weighted by molar-refractivity contribution is 5.06. The lowest BCUT2D eigenvalue weighted by atomic mass is 10.2. The van der Waals surface area contributed by atoms with Crippen molar-refractivity contribution in [3.63, 3.8) is 0 Å². The Balaban J connectivity index is 1.82. The molecule has 1 rings (SSSR count). The van der Waals surface area contributed by atoms with Gasteiger partial charge in [0, 0.05) is 19.8 Å². The van der Waals surface area contributed by atoms with E-state index in [-0.39, 0.29) is 0 Å². The van der Waals surface area contributed by atoms with Crippen LogP contribution in [0, 0.1) is 0 Å². The van der Waals surface area contributed by atoms with Gasteiger partial charge in [-0.05, 0) is 31.4 Å². The van der Waals surface area contributed by atoms with Gasteiger partial charge in [-0.2, -0.15) is 0 Å². The van der Waals surface area contributed by atoms with Crippen LogP contribution in [0.5, 0.6) is 0 Å². The number of nitrogens with one attached hydrogen (secondary N) is 1. The fourth-order valence-electron chi connectivity index (χ4n) is 1.63. The number of hydrogen-bond donors (Lipinski definition) is 1. The van der Waals surface area contributed by atoms with E-state index in [0.717, 1.165) is 52.4 Å². The molecule has 0 aromatic heterocycles. The number of rotatable bonds is 9. The van der Waals surface area contributed by atoms with Crippen LogP contribution >= 0.6 is 0 Å². The van der Waals surface area contributed by atoms with Gasteiger partial charge in [-0.3, -0.25) is 0 Å². The molecular formula is C13H25NO2. The molecule has 16 heavy (non-hydrogen) atoms. The van der Waals surface area contributed by atoms with Gasteiger partial charge in [-0.1, -0.05) is 19.4 Å². The summed E-state index contributed by atoms with van der Waals surface area (Å²) in [6.07, 6.45) is 6.84. The largest absolute Gasteiger partial charge is 0.381 e. The molecule has 0 saturated carbocycles. The van der Waals surface area contributed by atoms with Crippen LogP contribution in [0.2, 0.25) is 0 Å². The summed E-state index contributed by atoms with van der Waals surface area (Å²) < 4.78 is 10.9. The molecule has 1 aliphatic rings. The van der Waals surface area contributed by atoms with E-state index in [2.05, 4.69) is 18.3 Å². The molecule has 3 nitrogen and oxygen atoms in total. The van der Waals surface area contributed by atoms with Gasteiger partial charge in [0.25, 0.3) is 0 Å². The topological polar surface area (TPSA) is 30.5 Å². The van der Waals surface area contributed by atoms with E-state index < -0.39 is 0 Å². The average molecular weight is 227 g/mol. The maximum absolute atomic E-state index is 5.49. The molecule has 0 saturated heterocycles.